The fourth-order valence-electron chi connectivity index (χ4n) is 3.68. The Bertz CT molecular complexity index is 846. The van der Waals surface area contributed by atoms with Gasteiger partial charge in [0.1, 0.15) is 12.4 Å². The van der Waals surface area contributed by atoms with Crippen LogP contribution in [0.25, 0.3) is 0 Å². The number of nitrogens with one attached hydrogen (secondary N) is 1. The minimum atomic E-state index is -1.18. The topological polar surface area (TPSA) is 47.6 Å². The summed E-state index contributed by atoms with van der Waals surface area (Å²) < 4.78 is 39.8. The summed E-state index contributed by atoms with van der Waals surface area (Å²) in [4.78, 5) is 12.4. The molecule has 0 radical (unpaired) electrons. The van der Waals surface area contributed by atoms with Crippen molar-refractivity contribution < 1.29 is 23.0 Å². The van der Waals surface area contributed by atoms with Gasteiger partial charge < -0.3 is 14.8 Å². The van der Waals surface area contributed by atoms with Gasteiger partial charge in [-0.25, -0.2) is 4.39 Å². The predicted octanol–water partition coefficient (Wildman–Crippen LogP) is 5.17. The molecular weight excluding hydrogens is 376 g/mol. The van der Waals surface area contributed by atoms with Crippen molar-refractivity contribution >= 4 is 5.91 Å². The van der Waals surface area contributed by atoms with Crippen molar-refractivity contribution in [3.8, 4) is 11.5 Å². The zero-order chi connectivity index (χ0) is 20.8. The molecule has 0 saturated heterocycles. The molecule has 3 rings (SSSR count). The fourth-order valence-corrected chi connectivity index (χ4v) is 3.68. The van der Waals surface area contributed by atoms with Gasteiger partial charge in [-0.05, 0) is 55.0 Å². The second kappa shape index (κ2) is 9.72. The second-order valence-corrected chi connectivity index (χ2v) is 7.55. The molecule has 156 valence electrons. The lowest BCUT2D eigenvalue weighted by Gasteiger charge is -2.22. The lowest BCUT2D eigenvalue weighted by molar-refractivity contribution is 0.0938. The molecule has 1 aliphatic carbocycles. The Balaban J connectivity index is 1.67. The number of amides is 1. The number of hydrogen-bond donors (Lipinski definition) is 1. The van der Waals surface area contributed by atoms with Crippen LogP contribution in [0.15, 0.2) is 30.3 Å². The Kier molecular flexibility index (Phi) is 7.07. The van der Waals surface area contributed by atoms with Gasteiger partial charge in [0.15, 0.2) is 11.6 Å². The highest BCUT2D eigenvalue weighted by Gasteiger charge is 2.23. The van der Waals surface area contributed by atoms with E-state index >= 15 is 0 Å². The van der Waals surface area contributed by atoms with E-state index < -0.39 is 17.5 Å². The summed E-state index contributed by atoms with van der Waals surface area (Å²) in [5.74, 6) is -1.97. The van der Waals surface area contributed by atoms with Gasteiger partial charge >= 0.3 is 0 Å². The molecule has 0 unspecified atom stereocenters. The van der Waals surface area contributed by atoms with E-state index in [1.54, 1.807) is 38.3 Å². The molecule has 29 heavy (non-hydrogen) atoms. The highest BCUT2D eigenvalue weighted by molar-refractivity contribution is 5.95. The average molecular weight is 403 g/mol. The number of rotatable bonds is 7. The van der Waals surface area contributed by atoms with Crippen molar-refractivity contribution in [3.63, 3.8) is 0 Å². The molecule has 1 N–H and O–H groups in total. The molecule has 0 aromatic heterocycles. The summed E-state index contributed by atoms with van der Waals surface area (Å²) >= 11 is 0. The van der Waals surface area contributed by atoms with Crippen molar-refractivity contribution in [2.24, 2.45) is 5.92 Å². The monoisotopic (exact) mass is 403 g/mol. The average Bonchev–Trinajstić information content (AvgIpc) is 2.75. The number of aryl methyl sites for hydroxylation is 1. The van der Waals surface area contributed by atoms with Crippen LogP contribution in [0.1, 0.15) is 53.6 Å². The first-order valence-corrected chi connectivity index (χ1v) is 10.0. The van der Waals surface area contributed by atoms with E-state index in [1.807, 2.05) is 0 Å². The highest BCUT2D eigenvalue weighted by Crippen LogP contribution is 2.29. The Morgan fingerprint density at radius 3 is 2.45 bits per heavy atom. The van der Waals surface area contributed by atoms with Crippen molar-refractivity contribution in [2.45, 2.75) is 45.6 Å². The van der Waals surface area contributed by atoms with Crippen LogP contribution in [0, 0.1) is 24.5 Å². The molecule has 2 aromatic rings. The Morgan fingerprint density at radius 2 is 1.79 bits per heavy atom. The van der Waals surface area contributed by atoms with Crippen LogP contribution in [0.2, 0.25) is 0 Å². The van der Waals surface area contributed by atoms with Gasteiger partial charge in [-0.1, -0.05) is 31.4 Å². The molecule has 1 fully saturated rings. The Hall–Kier alpha value is -2.63. The molecule has 4 nitrogen and oxygen atoms in total. The molecule has 0 aliphatic heterocycles. The van der Waals surface area contributed by atoms with Crippen molar-refractivity contribution in [1.29, 1.82) is 0 Å². The van der Waals surface area contributed by atoms with Gasteiger partial charge in [-0.15, -0.1) is 0 Å². The van der Waals surface area contributed by atoms with Crippen LogP contribution < -0.4 is 14.8 Å². The summed E-state index contributed by atoms with van der Waals surface area (Å²) in [6.07, 6.45) is 5.66. The smallest absolute Gasteiger partial charge is 0.254 e. The fraction of sp³-hybridized carbons (Fsp3) is 0.435. The third kappa shape index (κ3) is 5.25. The van der Waals surface area contributed by atoms with Gasteiger partial charge in [0.05, 0.1) is 12.7 Å². The molecule has 1 aliphatic rings. The largest absolute Gasteiger partial charge is 0.497 e. The SMILES string of the molecule is COc1ccc(COc2c(C)cc(C(=O)NCC3CCCCC3)c(F)c2F)cc1. The second-order valence-electron chi connectivity index (χ2n) is 7.55. The predicted molar refractivity (Wildman–Crippen MR) is 107 cm³/mol. The number of ether oxygens (including phenoxy) is 2. The summed E-state index contributed by atoms with van der Waals surface area (Å²) in [6.45, 7) is 2.17. The molecular formula is C23H27F2NO3. The van der Waals surface area contributed by atoms with E-state index in [4.69, 9.17) is 9.47 Å². The normalized spacial score (nSPS) is 14.5. The van der Waals surface area contributed by atoms with Crippen LogP contribution in [0.4, 0.5) is 8.78 Å². The lowest BCUT2D eigenvalue weighted by Crippen LogP contribution is -2.31. The maximum atomic E-state index is 14.6. The molecule has 2 aromatic carbocycles. The van der Waals surface area contributed by atoms with E-state index in [-0.39, 0.29) is 17.9 Å². The maximum absolute atomic E-state index is 14.6. The first-order chi connectivity index (χ1) is 14.0. The molecule has 1 amide bonds. The number of carbonyl (C=O) groups is 1. The van der Waals surface area contributed by atoms with Gasteiger partial charge in [-0.2, -0.15) is 4.39 Å². The van der Waals surface area contributed by atoms with Crippen LogP contribution in [0.3, 0.4) is 0 Å². The number of halogens is 2. The van der Waals surface area contributed by atoms with E-state index in [1.165, 1.54) is 12.5 Å². The Morgan fingerprint density at radius 1 is 1.10 bits per heavy atom. The van der Waals surface area contributed by atoms with Crippen LogP contribution in [0.5, 0.6) is 11.5 Å². The van der Waals surface area contributed by atoms with Crippen molar-refractivity contribution in [1.82, 2.24) is 5.32 Å². The summed E-state index contributed by atoms with van der Waals surface area (Å²) in [6, 6.07) is 8.45. The zero-order valence-electron chi connectivity index (χ0n) is 16.9. The van der Waals surface area contributed by atoms with Gasteiger partial charge in [0.25, 0.3) is 5.91 Å². The number of carbonyl (C=O) groups excluding carboxylic acids is 1. The standard InChI is InChI=1S/C23H27F2NO3/c1-15-12-19(23(27)26-13-16-6-4-3-5-7-16)20(24)21(25)22(15)29-14-17-8-10-18(28-2)11-9-17/h8-12,16H,3-7,13-14H2,1-2H3,(H,26,27). The van der Waals surface area contributed by atoms with E-state index in [0.29, 0.717) is 23.8 Å². The summed E-state index contributed by atoms with van der Waals surface area (Å²) in [5.41, 5.74) is 0.882. The third-order valence-corrected chi connectivity index (χ3v) is 5.41. The number of hydrogen-bond acceptors (Lipinski definition) is 3. The maximum Gasteiger partial charge on any atom is 0.254 e. The van der Waals surface area contributed by atoms with Gasteiger partial charge in [0, 0.05) is 6.54 Å². The molecule has 0 heterocycles. The van der Waals surface area contributed by atoms with Crippen LogP contribution in [-0.4, -0.2) is 19.6 Å². The first-order valence-electron chi connectivity index (χ1n) is 10.0. The van der Waals surface area contributed by atoms with E-state index in [2.05, 4.69) is 5.32 Å². The van der Waals surface area contributed by atoms with Gasteiger partial charge in [0.2, 0.25) is 5.82 Å². The van der Waals surface area contributed by atoms with Crippen LogP contribution >= 0.6 is 0 Å². The van der Waals surface area contributed by atoms with Gasteiger partial charge in [-0.3, -0.25) is 4.79 Å². The van der Waals surface area contributed by atoms with E-state index in [0.717, 1.165) is 31.2 Å². The molecule has 0 atom stereocenters. The molecule has 1 saturated carbocycles. The van der Waals surface area contributed by atoms with E-state index in [9.17, 15) is 13.6 Å². The highest BCUT2D eigenvalue weighted by atomic mass is 19.2. The molecule has 0 spiro atoms. The first kappa shape index (κ1) is 21.1. The van der Waals surface area contributed by atoms with Crippen molar-refractivity contribution in [3.05, 3.63) is 58.7 Å². The minimum Gasteiger partial charge on any atom is -0.497 e. The quantitative estimate of drug-likeness (QED) is 0.694. The third-order valence-electron chi connectivity index (χ3n) is 5.41. The summed E-state index contributed by atoms with van der Waals surface area (Å²) in [7, 11) is 1.57. The van der Waals surface area contributed by atoms with Crippen LogP contribution in [-0.2, 0) is 6.61 Å². The minimum absolute atomic E-state index is 0.0778. The zero-order valence-corrected chi connectivity index (χ0v) is 16.9. The number of methoxy groups -OCH3 is 1. The van der Waals surface area contributed by atoms with Crippen molar-refractivity contribution in [2.75, 3.05) is 13.7 Å². The summed E-state index contributed by atoms with van der Waals surface area (Å²) in [5, 5.41) is 2.75. The number of benzene rings is 2. The molecule has 0 bridgehead atoms. The molecule has 6 heteroatoms. The lowest BCUT2D eigenvalue weighted by atomic mass is 9.89. The Labute approximate surface area is 170 Å².